The Bertz CT molecular complexity index is 1300. The van der Waals surface area contributed by atoms with Gasteiger partial charge in [-0.3, -0.25) is 19.4 Å². The van der Waals surface area contributed by atoms with Gasteiger partial charge in [0.15, 0.2) is 10.9 Å². The maximum absolute atomic E-state index is 13.8. The molecule has 0 saturated heterocycles. The summed E-state index contributed by atoms with van der Waals surface area (Å²) in [6.07, 6.45) is 0. The molecular weight excluding hydrogens is 452 g/mol. The van der Waals surface area contributed by atoms with Crippen LogP contribution in [0.15, 0.2) is 40.3 Å². The Labute approximate surface area is 192 Å². The fourth-order valence-corrected chi connectivity index (χ4v) is 3.84. The van der Waals surface area contributed by atoms with Crippen LogP contribution < -0.4 is 16.2 Å². The number of H-pyrrole nitrogens is 1. The van der Waals surface area contributed by atoms with Crippen LogP contribution in [0.3, 0.4) is 0 Å². The third-order valence-electron chi connectivity index (χ3n) is 4.56. The van der Waals surface area contributed by atoms with Crippen molar-refractivity contribution in [2.24, 2.45) is 0 Å². The third kappa shape index (κ3) is 5.80. The molecule has 1 aromatic heterocycles. The van der Waals surface area contributed by atoms with E-state index in [1.807, 2.05) is 13.0 Å². The van der Waals surface area contributed by atoms with Crippen LogP contribution in [-0.4, -0.2) is 32.2 Å². The Morgan fingerprint density at radius 1 is 1.09 bits per heavy atom. The number of carbonyl (C=O) groups excluding carboxylic acids is 2. The van der Waals surface area contributed by atoms with Crippen molar-refractivity contribution in [1.82, 2.24) is 15.2 Å². The number of halogens is 2. The molecule has 0 radical (unpaired) electrons. The highest BCUT2D eigenvalue weighted by Crippen LogP contribution is 2.30. The summed E-state index contributed by atoms with van der Waals surface area (Å²) >= 11 is 0.893. The second-order valence-corrected chi connectivity index (χ2v) is 8.70. The van der Waals surface area contributed by atoms with Crippen molar-refractivity contribution in [3.63, 3.8) is 0 Å². The molecule has 2 amide bonds. The number of benzene rings is 2. The molecule has 3 N–H and O–H groups in total. The number of nitrogens with one attached hydrogen (secondary N) is 3. The number of aryl methyl sites for hydroxylation is 2. The first kappa shape index (κ1) is 24.1. The molecule has 8 nitrogen and oxygen atoms in total. The topological polar surface area (TPSA) is 117 Å². The van der Waals surface area contributed by atoms with E-state index in [2.05, 4.69) is 25.8 Å². The van der Waals surface area contributed by atoms with Crippen LogP contribution in [0.25, 0.3) is 11.3 Å². The lowest BCUT2D eigenvalue weighted by Crippen LogP contribution is -2.24. The first-order valence-electron chi connectivity index (χ1n) is 9.84. The minimum Gasteiger partial charge on any atom is -0.325 e. The van der Waals surface area contributed by atoms with Crippen molar-refractivity contribution in [3.8, 4) is 11.3 Å². The Morgan fingerprint density at radius 3 is 2.48 bits per heavy atom. The molecule has 0 aliphatic carbocycles. The van der Waals surface area contributed by atoms with Gasteiger partial charge in [-0.25, -0.2) is 8.78 Å². The largest absolute Gasteiger partial charge is 0.325 e. The second-order valence-electron chi connectivity index (χ2n) is 7.37. The van der Waals surface area contributed by atoms with Gasteiger partial charge in [0, 0.05) is 18.6 Å². The lowest BCUT2D eigenvalue weighted by Gasteiger charge is -2.14. The number of carbonyl (C=O) groups is 2. The van der Waals surface area contributed by atoms with Gasteiger partial charge in [-0.05, 0) is 44.5 Å². The van der Waals surface area contributed by atoms with Crippen molar-refractivity contribution < 1.29 is 18.4 Å². The van der Waals surface area contributed by atoms with Gasteiger partial charge in [0.05, 0.1) is 16.6 Å². The number of hydrogen-bond acceptors (Lipinski definition) is 6. The average molecular weight is 474 g/mol. The Morgan fingerprint density at radius 2 is 1.82 bits per heavy atom. The van der Waals surface area contributed by atoms with Gasteiger partial charge in [0.25, 0.3) is 5.56 Å². The highest BCUT2D eigenvalue weighted by molar-refractivity contribution is 8.00. The van der Waals surface area contributed by atoms with Crippen LogP contribution in [0.1, 0.15) is 25.0 Å². The normalized spacial score (nSPS) is 11.7. The summed E-state index contributed by atoms with van der Waals surface area (Å²) in [6.45, 7) is 6.53. The third-order valence-corrected chi connectivity index (χ3v) is 5.53. The summed E-state index contributed by atoms with van der Waals surface area (Å²) in [6, 6.07) is 6.30. The fourth-order valence-electron chi connectivity index (χ4n) is 3.10. The van der Waals surface area contributed by atoms with Gasteiger partial charge in [-0.2, -0.15) is 0 Å². The predicted octanol–water partition coefficient (Wildman–Crippen LogP) is 3.80. The zero-order valence-electron chi connectivity index (χ0n) is 18.2. The maximum Gasteiger partial charge on any atom is 0.278 e. The SMILES string of the molecule is CC(=O)Nc1c(C)cc(C)cc1-c1nnc(S[C@H](C)C(=O)Nc2cc(F)ccc2F)[nH]c1=O. The summed E-state index contributed by atoms with van der Waals surface area (Å²) in [5.74, 6) is -2.38. The lowest BCUT2D eigenvalue weighted by atomic mass is 10.0. The number of aromatic nitrogens is 3. The number of rotatable bonds is 6. The van der Waals surface area contributed by atoms with Crippen LogP contribution in [0.2, 0.25) is 0 Å². The standard InChI is InChI=1S/C22H21F2N5O3S/c1-10-7-11(2)18(25-13(4)30)15(8-10)19-21(32)27-22(29-28-19)33-12(3)20(31)26-17-9-14(23)5-6-16(17)24/h5-9,12H,1-4H3,(H,25,30)(H,26,31)(H,27,29,32)/t12-/m1/s1. The van der Waals surface area contributed by atoms with Gasteiger partial charge < -0.3 is 10.6 Å². The zero-order chi connectivity index (χ0) is 24.3. The monoisotopic (exact) mass is 473 g/mol. The molecule has 3 rings (SSSR count). The number of aromatic amines is 1. The van der Waals surface area contributed by atoms with E-state index in [0.29, 0.717) is 11.3 Å². The van der Waals surface area contributed by atoms with E-state index in [9.17, 15) is 23.2 Å². The van der Waals surface area contributed by atoms with Crippen molar-refractivity contribution in [2.75, 3.05) is 10.6 Å². The van der Waals surface area contributed by atoms with Gasteiger partial charge in [-0.1, -0.05) is 23.4 Å². The molecule has 0 spiro atoms. The number of thioether (sulfide) groups is 1. The summed E-state index contributed by atoms with van der Waals surface area (Å²) in [7, 11) is 0. The minimum atomic E-state index is -0.806. The molecule has 0 fully saturated rings. The van der Waals surface area contributed by atoms with E-state index in [4.69, 9.17) is 0 Å². The number of hydrogen-bond donors (Lipinski definition) is 3. The average Bonchev–Trinajstić information content (AvgIpc) is 2.72. The van der Waals surface area contributed by atoms with E-state index in [-0.39, 0.29) is 22.4 Å². The van der Waals surface area contributed by atoms with E-state index < -0.39 is 28.4 Å². The molecule has 0 aliphatic rings. The van der Waals surface area contributed by atoms with E-state index in [0.717, 1.165) is 41.1 Å². The smallest absolute Gasteiger partial charge is 0.278 e. The molecule has 1 heterocycles. The van der Waals surface area contributed by atoms with Crippen molar-refractivity contribution in [3.05, 3.63) is 63.4 Å². The molecule has 0 aliphatic heterocycles. The Kier molecular flexibility index (Phi) is 7.22. The van der Waals surface area contributed by atoms with Crippen molar-refractivity contribution in [1.29, 1.82) is 0 Å². The summed E-state index contributed by atoms with van der Waals surface area (Å²) in [5, 5.41) is 12.3. The highest BCUT2D eigenvalue weighted by atomic mass is 32.2. The molecule has 2 aromatic carbocycles. The van der Waals surface area contributed by atoms with Crippen LogP contribution in [0, 0.1) is 25.5 Å². The molecule has 0 unspecified atom stereocenters. The van der Waals surface area contributed by atoms with Gasteiger partial charge >= 0.3 is 0 Å². The highest BCUT2D eigenvalue weighted by Gasteiger charge is 2.20. The summed E-state index contributed by atoms with van der Waals surface area (Å²) in [4.78, 5) is 39.3. The van der Waals surface area contributed by atoms with E-state index in [1.165, 1.54) is 13.8 Å². The van der Waals surface area contributed by atoms with E-state index >= 15 is 0 Å². The first-order chi connectivity index (χ1) is 15.5. The number of amides is 2. The Balaban J connectivity index is 1.83. The number of nitrogens with zero attached hydrogens (tertiary/aromatic N) is 2. The molecule has 11 heteroatoms. The number of anilines is 2. The van der Waals surface area contributed by atoms with Gasteiger partial charge in [-0.15, -0.1) is 10.2 Å². The molecule has 1 atom stereocenters. The van der Waals surface area contributed by atoms with Gasteiger partial charge in [0.2, 0.25) is 11.8 Å². The van der Waals surface area contributed by atoms with Crippen LogP contribution in [0.4, 0.5) is 20.2 Å². The van der Waals surface area contributed by atoms with Crippen LogP contribution >= 0.6 is 11.8 Å². The maximum atomic E-state index is 13.8. The van der Waals surface area contributed by atoms with Crippen LogP contribution in [-0.2, 0) is 9.59 Å². The fraction of sp³-hybridized carbons (Fsp3) is 0.227. The predicted molar refractivity (Wildman–Crippen MR) is 122 cm³/mol. The van der Waals surface area contributed by atoms with E-state index in [1.54, 1.807) is 13.0 Å². The van der Waals surface area contributed by atoms with Crippen molar-refractivity contribution in [2.45, 2.75) is 38.1 Å². The second kappa shape index (κ2) is 9.90. The summed E-state index contributed by atoms with van der Waals surface area (Å²) in [5.41, 5.74) is 1.66. The minimum absolute atomic E-state index is 0.00818. The molecule has 0 bridgehead atoms. The first-order valence-corrected chi connectivity index (χ1v) is 10.7. The zero-order valence-corrected chi connectivity index (χ0v) is 19.1. The molecular formula is C22H21F2N5O3S. The summed E-state index contributed by atoms with van der Waals surface area (Å²) < 4.78 is 27.1. The molecule has 3 aromatic rings. The molecule has 172 valence electrons. The van der Waals surface area contributed by atoms with Crippen molar-refractivity contribution >= 4 is 35.0 Å². The van der Waals surface area contributed by atoms with Crippen LogP contribution in [0.5, 0.6) is 0 Å². The lowest BCUT2D eigenvalue weighted by molar-refractivity contribution is -0.115. The molecule has 33 heavy (non-hydrogen) atoms. The van der Waals surface area contributed by atoms with Gasteiger partial charge in [0.1, 0.15) is 11.6 Å². The quantitative estimate of drug-likeness (QED) is 0.469. The Hall–Kier alpha value is -3.60. The molecule has 0 saturated carbocycles.